The molecular formula is C14H7BrO4S. The van der Waals surface area contributed by atoms with Crippen LogP contribution in [0.25, 0.3) is 11.0 Å². The van der Waals surface area contributed by atoms with Gasteiger partial charge in [-0.3, -0.25) is 0 Å². The number of thiophene rings is 1. The lowest BCUT2D eigenvalue weighted by Crippen LogP contribution is -2.06. The zero-order valence-corrected chi connectivity index (χ0v) is 12.4. The molecule has 2 aromatic heterocycles. The molecule has 3 aromatic rings. The van der Waals surface area contributed by atoms with Crippen LogP contribution in [-0.4, -0.2) is 5.97 Å². The Hall–Kier alpha value is -1.92. The molecule has 0 amide bonds. The second-order valence-electron chi connectivity index (χ2n) is 3.95. The van der Waals surface area contributed by atoms with Crippen LogP contribution >= 0.6 is 27.3 Å². The predicted octanol–water partition coefficient (Wildman–Crippen LogP) is 3.84. The number of hydrogen-bond donors (Lipinski definition) is 0. The minimum absolute atomic E-state index is 0.335. The van der Waals surface area contributed by atoms with Gasteiger partial charge in [0.15, 0.2) is 0 Å². The van der Waals surface area contributed by atoms with Gasteiger partial charge in [-0.05, 0) is 46.3 Å². The van der Waals surface area contributed by atoms with Crippen LogP contribution in [0.5, 0.6) is 5.75 Å². The highest BCUT2D eigenvalue weighted by atomic mass is 79.9. The van der Waals surface area contributed by atoms with Gasteiger partial charge in [0.05, 0.1) is 3.79 Å². The standard InChI is InChI=1S/C14H7BrO4S/c15-12-5-4-11(20-12)14(17)18-9-3-1-8-2-6-13(16)19-10(8)7-9/h1-7H. The van der Waals surface area contributed by atoms with Gasteiger partial charge in [0.1, 0.15) is 16.2 Å². The molecule has 0 fully saturated rings. The Bertz CT molecular complexity index is 850. The summed E-state index contributed by atoms with van der Waals surface area (Å²) >= 11 is 4.58. The first-order chi connectivity index (χ1) is 9.61. The first kappa shape index (κ1) is 13.1. The van der Waals surface area contributed by atoms with E-state index in [-0.39, 0.29) is 0 Å². The molecular weight excluding hydrogens is 344 g/mol. The third-order valence-electron chi connectivity index (χ3n) is 2.58. The van der Waals surface area contributed by atoms with Crippen LogP contribution in [0.3, 0.4) is 0 Å². The Morgan fingerprint density at radius 3 is 2.70 bits per heavy atom. The van der Waals surface area contributed by atoms with Gasteiger partial charge in [-0.25, -0.2) is 9.59 Å². The van der Waals surface area contributed by atoms with E-state index in [4.69, 9.17) is 9.15 Å². The molecule has 6 heteroatoms. The molecule has 100 valence electrons. The normalized spacial score (nSPS) is 10.7. The maximum absolute atomic E-state index is 11.9. The summed E-state index contributed by atoms with van der Waals surface area (Å²) in [7, 11) is 0. The molecule has 20 heavy (non-hydrogen) atoms. The lowest BCUT2D eigenvalue weighted by Gasteiger charge is -2.03. The fourth-order valence-electron chi connectivity index (χ4n) is 1.69. The molecule has 0 aliphatic heterocycles. The van der Waals surface area contributed by atoms with E-state index in [0.717, 1.165) is 9.17 Å². The lowest BCUT2D eigenvalue weighted by molar-refractivity contribution is 0.0740. The van der Waals surface area contributed by atoms with E-state index in [0.29, 0.717) is 16.2 Å². The zero-order chi connectivity index (χ0) is 14.1. The van der Waals surface area contributed by atoms with Crippen molar-refractivity contribution in [2.45, 2.75) is 0 Å². The zero-order valence-electron chi connectivity index (χ0n) is 9.96. The van der Waals surface area contributed by atoms with Gasteiger partial charge in [0, 0.05) is 17.5 Å². The quantitative estimate of drug-likeness (QED) is 0.400. The third kappa shape index (κ3) is 2.66. The average Bonchev–Trinajstić information content (AvgIpc) is 2.85. The van der Waals surface area contributed by atoms with Gasteiger partial charge < -0.3 is 9.15 Å². The molecule has 0 atom stereocenters. The fourth-order valence-corrected chi connectivity index (χ4v) is 2.95. The van der Waals surface area contributed by atoms with Gasteiger partial charge >= 0.3 is 11.6 Å². The number of esters is 1. The van der Waals surface area contributed by atoms with E-state index in [1.165, 1.54) is 23.5 Å². The topological polar surface area (TPSA) is 56.5 Å². The maximum Gasteiger partial charge on any atom is 0.353 e. The summed E-state index contributed by atoms with van der Waals surface area (Å²) in [5.74, 6) is -0.111. The number of ether oxygens (including phenoxy) is 1. The molecule has 0 bridgehead atoms. The number of rotatable bonds is 2. The van der Waals surface area contributed by atoms with E-state index in [1.807, 2.05) is 0 Å². The number of benzene rings is 1. The van der Waals surface area contributed by atoms with E-state index >= 15 is 0 Å². The van der Waals surface area contributed by atoms with Crippen molar-refractivity contribution in [1.82, 2.24) is 0 Å². The first-order valence-electron chi connectivity index (χ1n) is 5.63. The molecule has 0 unspecified atom stereocenters. The second-order valence-corrected chi connectivity index (χ2v) is 6.41. The molecule has 0 N–H and O–H groups in total. The van der Waals surface area contributed by atoms with Gasteiger partial charge in [-0.15, -0.1) is 11.3 Å². The second kappa shape index (κ2) is 5.22. The van der Waals surface area contributed by atoms with Crippen LogP contribution < -0.4 is 10.4 Å². The average molecular weight is 351 g/mol. The summed E-state index contributed by atoms with van der Waals surface area (Å²) in [6.45, 7) is 0. The summed E-state index contributed by atoms with van der Waals surface area (Å²) in [5.41, 5.74) is -0.0571. The summed E-state index contributed by atoms with van der Waals surface area (Å²) < 4.78 is 11.1. The summed E-state index contributed by atoms with van der Waals surface area (Å²) in [4.78, 5) is 23.6. The van der Waals surface area contributed by atoms with E-state index in [2.05, 4.69) is 15.9 Å². The molecule has 0 saturated heterocycles. The SMILES string of the molecule is O=C(Oc1ccc2ccc(=O)oc2c1)c1ccc(Br)s1. The largest absolute Gasteiger partial charge is 0.423 e. The Morgan fingerprint density at radius 1 is 1.15 bits per heavy atom. The number of halogens is 1. The Kier molecular flexibility index (Phi) is 3.42. The monoisotopic (exact) mass is 350 g/mol. The van der Waals surface area contributed by atoms with Crippen LogP contribution in [-0.2, 0) is 0 Å². The highest BCUT2D eigenvalue weighted by Gasteiger charge is 2.11. The molecule has 0 spiro atoms. The van der Waals surface area contributed by atoms with Crippen molar-refractivity contribution in [1.29, 1.82) is 0 Å². The highest BCUT2D eigenvalue weighted by molar-refractivity contribution is 9.11. The van der Waals surface area contributed by atoms with Gasteiger partial charge in [-0.1, -0.05) is 0 Å². The third-order valence-corrected chi connectivity index (χ3v) is 4.18. The summed E-state index contributed by atoms with van der Waals surface area (Å²) in [5, 5.41) is 0.767. The highest BCUT2D eigenvalue weighted by Crippen LogP contribution is 2.25. The molecule has 0 aliphatic rings. The molecule has 1 aromatic carbocycles. The van der Waals surface area contributed by atoms with Crippen LogP contribution in [0.15, 0.2) is 55.5 Å². The van der Waals surface area contributed by atoms with Gasteiger partial charge in [-0.2, -0.15) is 0 Å². The summed E-state index contributed by atoms with van der Waals surface area (Å²) in [6.07, 6.45) is 0. The van der Waals surface area contributed by atoms with Crippen molar-refractivity contribution in [3.8, 4) is 5.75 Å². The number of fused-ring (bicyclic) bond motifs is 1. The van der Waals surface area contributed by atoms with Crippen molar-refractivity contribution in [2.75, 3.05) is 0 Å². The van der Waals surface area contributed by atoms with E-state index in [9.17, 15) is 9.59 Å². The van der Waals surface area contributed by atoms with Crippen LogP contribution in [0.4, 0.5) is 0 Å². The fraction of sp³-hybridized carbons (Fsp3) is 0. The molecule has 0 aliphatic carbocycles. The van der Waals surface area contributed by atoms with Crippen molar-refractivity contribution < 1.29 is 13.9 Å². The van der Waals surface area contributed by atoms with Gasteiger partial charge in [0.25, 0.3) is 0 Å². The molecule has 0 saturated carbocycles. The molecule has 4 nitrogen and oxygen atoms in total. The molecule has 0 radical (unpaired) electrons. The minimum Gasteiger partial charge on any atom is -0.423 e. The smallest absolute Gasteiger partial charge is 0.353 e. The van der Waals surface area contributed by atoms with Crippen molar-refractivity contribution in [3.63, 3.8) is 0 Å². The lowest BCUT2D eigenvalue weighted by atomic mass is 10.2. The van der Waals surface area contributed by atoms with E-state index in [1.54, 1.807) is 30.3 Å². The van der Waals surface area contributed by atoms with E-state index < -0.39 is 11.6 Å². The number of hydrogen-bond acceptors (Lipinski definition) is 5. The van der Waals surface area contributed by atoms with Crippen molar-refractivity contribution >= 4 is 44.2 Å². The minimum atomic E-state index is -0.446. The van der Waals surface area contributed by atoms with Crippen molar-refractivity contribution in [2.24, 2.45) is 0 Å². The predicted molar refractivity (Wildman–Crippen MR) is 79.5 cm³/mol. The molecule has 2 heterocycles. The van der Waals surface area contributed by atoms with Crippen LogP contribution in [0.1, 0.15) is 9.67 Å². The molecule has 3 rings (SSSR count). The van der Waals surface area contributed by atoms with Gasteiger partial charge in [0.2, 0.25) is 0 Å². The Morgan fingerprint density at radius 2 is 1.95 bits per heavy atom. The maximum atomic E-state index is 11.9. The summed E-state index contributed by atoms with van der Waals surface area (Å²) in [6, 6.07) is 11.4. The number of carbonyl (C=O) groups is 1. The van der Waals surface area contributed by atoms with Crippen molar-refractivity contribution in [3.05, 3.63) is 61.5 Å². The Labute approximate surface area is 125 Å². The van der Waals surface area contributed by atoms with Crippen LogP contribution in [0, 0.1) is 0 Å². The van der Waals surface area contributed by atoms with Crippen LogP contribution in [0.2, 0.25) is 0 Å². The first-order valence-corrected chi connectivity index (χ1v) is 7.24. The Balaban J connectivity index is 1.91. The number of carbonyl (C=O) groups excluding carboxylic acids is 1.